The molecule has 0 aromatic carbocycles. The van der Waals surface area contributed by atoms with Gasteiger partial charge in [0.1, 0.15) is 5.78 Å². The Hall–Kier alpha value is -1.40. The lowest BCUT2D eigenvalue weighted by molar-refractivity contribution is -0.138. The molecule has 2 N–H and O–H groups in total. The average Bonchev–Trinajstić information content (AvgIpc) is 3.51. The maximum atomic E-state index is 13.3. The third-order valence-electron chi connectivity index (χ3n) is 8.17. The number of rotatable bonds is 18. The summed E-state index contributed by atoms with van der Waals surface area (Å²) in [5.41, 5.74) is 0. The number of ether oxygens (including phenoxy) is 2. The van der Waals surface area contributed by atoms with Crippen molar-refractivity contribution in [3.8, 4) is 0 Å². The average molecular weight is 606 g/mol. The molecule has 0 saturated carbocycles. The van der Waals surface area contributed by atoms with Crippen LogP contribution in [0.4, 0.5) is 0 Å². The van der Waals surface area contributed by atoms with E-state index in [2.05, 4.69) is 5.32 Å². The summed E-state index contributed by atoms with van der Waals surface area (Å²) in [6, 6.07) is -0.714. The Labute approximate surface area is 245 Å². The number of phosphoric acid groups is 1. The highest BCUT2D eigenvalue weighted by Crippen LogP contribution is 2.47. The summed E-state index contributed by atoms with van der Waals surface area (Å²) in [7, 11) is -1.08. The van der Waals surface area contributed by atoms with E-state index >= 15 is 0 Å². The van der Waals surface area contributed by atoms with Crippen molar-refractivity contribution in [2.24, 2.45) is 17.8 Å². The predicted molar refractivity (Wildman–Crippen MR) is 154 cm³/mol. The van der Waals surface area contributed by atoms with Gasteiger partial charge in [0.25, 0.3) is 0 Å². The third-order valence-corrected chi connectivity index (χ3v) is 9.21. The Bertz CT molecular complexity index is 907. The summed E-state index contributed by atoms with van der Waals surface area (Å²) >= 11 is 0. The lowest BCUT2D eigenvalue weighted by Crippen LogP contribution is -2.44. The second-order valence-electron chi connectivity index (χ2n) is 11.7. The molecule has 41 heavy (non-hydrogen) atoms. The van der Waals surface area contributed by atoms with Gasteiger partial charge in [0.2, 0.25) is 11.8 Å². The number of likely N-dealkylation sites (tertiary alicyclic amines) is 2. The fraction of sp³-hybridized carbons (Fsp3) is 0.893. The Morgan fingerprint density at radius 2 is 1.68 bits per heavy atom. The van der Waals surface area contributed by atoms with Crippen LogP contribution in [0.3, 0.4) is 0 Å². The minimum absolute atomic E-state index is 0.0411. The number of ketones is 1. The Kier molecular flexibility index (Phi) is 14.9. The smallest absolute Gasteiger partial charge is 0.380 e. The van der Waals surface area contributed by atoms with Crippen LogP contribution in [0.15, 0.2) is 0 Å². The second-order valence-corrected chi connectivity index (χ2v) is 13.1. The zero-order valence-corrected chi connectivity index (χ0v) is 26.8. The summed E-state index contributed by atoms with van der Waals surface area (Å²) in [6.45, 7) is 11.1. The van der Waals surface area contributed by atoms with E-state index < -0.39 is 20.0 Å². The van der Waals surface area contributed by atoms with E-state index in [-0.39, 0.29) is 67.1 Å². The summed E-state index contributed by atoms with van der Waals surface area (Å²) in [4.78, 5) is 51.6. The first-order valence-electron chi connectivity index (χ1n) is 14.8. The summed E-state index contributed by atoms with van der Waals surface area (Å²) < 4.78 is 35.0. The Balaban J connectivity index is 1.99. The van der Waals surface area contributed by atoms with Gasteiger partial charge < -0.3 is 34.3 Å². The predicted octanol–water partition coefficient (Wildman–Crippen LogP) is 2.63. The van der Waals surface area contributed by atoms with Crippen molar-refractivity contribution in [1.29, 1.82) is 0 Å². The molecule has 0 spiro atoms. The van der Waals surface area contributed by atoms with Crippen LogP contribution in [0, 0.1) is 17.8 Å². The molecular weight excluding hydrogens is 553 g/mol. The number of methoxy groups -OCH3 is 1. The van der Waals surface area contributed by atoms with Gasteiger partial charge in [-0.1, -0.05) is 20.8 Å². The van der Waals surface area contributed by atoms with Crippen LogP contribution in [-0.4, -0.2) is 110 Å². The van der Waals surface area contributed by atoms with Gasteiger partial charge in [-0.25, -0.2) is 4.57 Å². The van der Waals surface area contributed by atoms with Crippen LogP contribution in [0.2, 0.25) is 0 Å². The molecule has 0 aliphatic carbocycles. The second kappa shape index (κ2) is 17.0. The largest absolute Gasteiger partial charge is 0.472 e. The van der Waals surface area contributed by atoms with E-state index in [1.165, 1.54) is 6.92 Å². The first-order chi connectivity index (χ1) is 19.3. The third kappa shape index (κ3) is 11.3. The van der Waals surface area contributed by atoms with Crippen molar-refractivity contribution >= 4 is 25.4 Å². The molecule has 2 amide bonds. The minimum atomic E-state index is -4.49. The normalized spacial score (nSPS) is 26.5. The fourth-order valence-corrected chi connectivity index (χ4v) is 6.60. The van der Waals surface area contributed by atoms with Gasteiger partial charge in [-0.2, -0.15) is 0 Å². The maximum Gasteiger partial charge on any atom is 0.472 e. The number of carbonyl (C=O) groups is 3. The van der Waals surface area contributed by atoms with Crippen molar-refractivity contribution in [3.63, 3.8) is 0 Å². The monoisotopic (exact) mass is 605 g/mol. The lowest BCUT2D eigenvalue weighted by atomic mass is 9.94. The maximum absolute atomic E-state index is 13.3. The molecule has 12 nitrogen and oxygen atoms in total. The molecule has 238 valence electrons. The molecule has 2 aliphatic heterocycles. The van der Waals surface area contributed by atoms with Crippen LogP contribution < -0.4 is 5.32 Å². The highest BCUT2D eigenvalue weighted by Gasteiger charge is 2.42. The van der Waals surface area contributed by atoms with Crippen molar-refractivity contribution in [2.45, 2.75) is 91.0 Å². The van der Waals surface area contributed by atoms with Crippen LogP contribution in [0.1, 0.15) is 66.7 Å². The number of hydrogen-bond acceptors (Lipinski definition) is 9. The van der Waals surface area contributed by atoms with E-state index in [0.717, 1.165) is 0 Å². The molecule has 2 aliphatic rings. The molecule has 0 aromatic rings. The molecule has 2 saturated heterocycles. The topological polar surface area (TPSA) is 144 Å². The molecule has 2 rings (SSSR count). The number of nitrogens with one attached hydrogen (secondary N) is 1. The summed E-state index contributed by atoms with van der Waals surface area (Å²) in [5, 5.41) is 3.10. The number of phosphoric ester groups is 1. The molecule has 0 aromatic heterocycles. The van der Waals surface area contributed by atoms with E-state index in [9.17, 15) is 23.8 Å². The Morgan fingerprint density at radius 3 is 2.29 bits per heavy atom. The van der Waals surface area contributed by atoms with Gasteiger partial charge in [0.05, 0.1) is 37.5 Å². The molecule has 0 bridgehead atoms. The SMILES string of the molecule is CCOC[C@@H]1CC(OP(=O)(O)OC[C@@H]2C[C@@H](OC)CN2C(=O)CCC(C)CC(C)=O)CN1C(=O)C(C)C(C)CNC. The molecular formula is C28H52N3O9P. The molecule has 2 fully saturated rings. The van der Waals surface area contributed by atoms with E-state index in [1.807, 2.05) is 34.7 Å². The number of nitrogens with zero attached hydrogens (tertiary/aromatic N) is 2. The molecule has 13 heteroatoms. The molecule has 2 heterocycles. The van der Waals surface area contributed by atoms with Crippen molar-refractivity contribution in [1.82, 2.24) is 15.1 Å². The number of carbonyl (C=O) groups excluding carboxylic acids is 3. The van der Waals surface area contributed by atoms with E-state index in [4.69, 9.17) is 18.5 Å². The van der Waals surface area contributed by atoms with E-state index in [1.54, 1.807) is 16.9 Å². The molecule has 8 atom stereocenters. The Morgan fingerprint density at radius 1 is 1.05 bits per heavy atom. The first-order valence-corrected chi connectivity index (χ1v) is 16.3. The summed E-state index contributed by atoms with van der Waals surface area (Å²) in [5.74, 6) is -0.0946. The van der Waals surface area contributed by atoms with Crippen molar-refractivity contribution < 1.29 is 42.4 Å². The number of hydrogen-bond donors (Lipinski definition) is 2. The van der Waals surface area contributed by atoms with Crippen LogP contribution in [-0.2, 0) is 37.5 Å². The standard InChI is InChI=1S/C28H52N3O9P/c1-8-38-17-23-13-26(16-31(23)28(34)22(5)20(3)14-29-6)40-41(35,36)39-18-24-12-25(37-7)15-30(24)27(33)10-9-19(2)11-21(4)32/h19-20,22-26,29H,8-18H2,1-7H3,(H,35,36)/t19?,20?,22?,23-,24-,25+,26?/m0/s1. The van der Waals surface area contributed by atoms with Gasteiger partial charge in [-0.05, 0) is 58.5 Å². The zero-order chi connectivity index (χ0) is 30.7. The van der Waals surface area contributed by atoms with Gasteiger partial charge in [0, 0.05) is 45.6 Å². The van der Waals surface area contributed by atoms with Gasteiger partial charge >= 0.3 is 7.82 Å². The lowest BCUT2D eigenvalue weighted by Gasteiger charge is -2.29. The van der Waals surface area contributed by atoms with Gasteiger partial charge in [0.15, 0.2) is 0 Å². The highest BCUT2D eigenvalue weighted by atomic mass is 31.2. The fourth-order valence-electron chi connectivity index (χ4n) is 5.65. The first kappa shape index (κ1) is 35.8. The highest BCUT2D eigenvalue weighted by molar-refractivity contribution is 7.47. The zero-order valence-electron chi connectivity index (χ0n) is 25.9. The van der Waals surface area contributed by atoms with Gasteiger partial charge in [-0.3, -0.25) is 18.6 Å². The quantitative estimate of drug-likeness (QED) is 0.224. The molecule has 5 unspecified atom stereocenters. The van der Waals surface area contributed by atoms with Crippen molar-refractivity contribution in [3.05, 3.63) is 0 Å². The van der Waals surface area contributed by atoms with Crippen LogP contribution >= 0.6 is 7.82 Å². The van der Waals surface area contributed by atoms with E-state index in [0.29, 0.717) is 52.0 Å². The number of Topliss-reactive ketones (excluding diaryl/α,β-unsaturated/α-hetero) is 1. The van der Waals surface area contributed by atoms with Crippen LogP contribution in [0.5, 0.6) is 0 Å². The molecule has 0 radical (unpaired) electrons. The van der Waals surface area contributed by atoms with Gasteiger partial charge in [-0.15, -0.1) is 0 Å². The minimum Gasteiger partial charge on any atom is -0.380 e. The van der Waals surface area contributed by atoms with Crippen LogP contribution in [0.25, 0.3) is 0 Å². The van der Waals surface area contributed by atoms with Crippen molar-refractivity contribution in [2.75, 3.05) is 53.6 Å². The number of amides is 2. The summed E-state index contributed by atoms with van der Waals surface area (Å²) in [6.07, 6.45) is 1.20.